The number of carbonyl (C=O) groups is 2. The van der Waals surface area contributed by atoms with Crippen LogP contribution in [0.5, 0.6) is 0 Å². The smallest absolute Gasteiger partial charge is 0.262 e. The summed E-state index contributed by atoms with van der Waals surface area (Å²) >= 11 is 0. The molecular formula is C11H11N3O3. The second kappa shape index (κ2) is 4.25. The van der Waals surface area contributed by atoms with Gasteiger partial charge in [0.15, 0.2) is 0 Å². The second-order valence-corrected chi connectivity index (χ2v) is 3.65. The normalized spacial score (nSPS) is 22.7. The van der Waals surface area contributed by atoms with Crippen molar-refractivity contribution in [2.24, 2.45) is 22.5 Å². The highest BCUT2D eigenvalue weighted by molar-refractivity contribution is 6.16. The Hall–Kier alpha value is -2.37. The van der Waals surface area contributed by atoms with Crippen LogP contribution in [0.4, 0.5) is 0 Å². The summed E-state index contributed by atoms with van der Waals surface area (Å²) in [6.45, 7) is 0. The van der Waals surface area contributed by atoms with Gasteiger partial charge in [0, 0.05) is 5.56 Å². The predicted molar refractivity (Wildman–Crippen MR) is 59.7 cm³/mol. The molecule has 2 atom stereocenters. The molecule has 2 rings (SSSR count). The molecule has 2 amide bonds. The van der Waals surface area contributed by atoms with Gasteiger partial charge >= 0.3 is 0 Å². The van der Waals surface area contributed by atoms with Crippen LogP contribution in [0.25, 0.3) is 0 Å². The van der Waals surface area contributed by atoms with Gasteiger partial charge in [-0.25, -0.2) is 0 Å². The van der Waals surface area contributed by atoms with Crippen molar-refractivity contribution in [2.45, 2.75) is 6.10 Å². The van der Waals surface area contributed by atoms with Gasteiger partial charge in [0.25, 0.3) is 5.91 Å². The fourth-order valence-corrected chi connectivity index (χ4v) is 1.72. The molecular weight excluding hydrogens is 222 g/mol. The number of amides is 2. The third kappa shape index (κ3) is 1.96. The lowest BCUT2D eigenvalue weighted by atomic mass is 9.91. The molecule has 88 valence electrons. The van der Waals surface area contributed by atoms with Crippen molar-refractivity contribution in [2.75, 3.05) is 0 Å². The monoisotopic (exact) mass is 233 g/mol. The van der Waals surface area contributed by atoms with Crippen LogP contribution in [0.15, 0.2) is 35.5 Å². The minimum Gasteiger partial charge on any atom is -0.381 e. The van der Waals surface area contributed by atoms with Crippen molar-refractivity contribution in [3.05, 3.63) is 35.9 Å². The molecule has 6 nitrogen and oxygen atoms in total. The molecule has 0 spiro atoms. The average molecular weight is 233 g/mol. The number of hydrogen-bond donors (Lipinski definition) is 2. The molecule has 1 aromatic rings. The Morgan fingerprint density at radius 2 is 1.76 bits per heavy atom. The van der Waals surface area contributed by atoms with Gasteiger partial charge in [-0.3, -0.25) is 9.59 Å². The van der Waals surface area contributed by atoms with Crippen molar-refractivity contribution in [1.82, 2.24) is 0 Å². The van der Waals surface area contributed by atoms with E-state index in [4.69, 9.17) is 16.3 Å². The van der Waals surface area contributed by atoms with Crippen LogP contribution in [0, 0.1) is 5.92 Å². The van der Waals surface area contributed by atoms with Gasteiger partial charge in [-0.2, -0.15) is 0 Å². The van der Waals surface area contributed by atoms with Gasteiger partial charge in [-0.1, -0.05) is 35.5 Å². The molecule has 1 heterocycles. The molecule has 0 radical (unpaired) electrons. The highest BCUT2D eigenvalue weighted by Crippen LogP contribution is 2.22. The van der Waals surface area contributed by atoms with E-state index in [-0.39, 0.29) is 0 Å². The van der Waals surface area contributed by atoms with Crippen molar-refractivity contribution in [3.63, 3.8) is 0 Å². The summed E-state index contributed by atoms with van der Waals surface area (Å²) in [5.74, 6) is -2.38. The Balaban J connectivity index is 2.36. The second-order valence-electron chi connectivity index (χ2n) is 3.65. The Labute approximate surface area is 97.2 Å². The summed E-state index contributed by atoms with van der Waals surface area (Å²) < 4.78 is 0. The van der Waals surface area contributed by atoms with Gasteiger partial charge in [0.1, 0.15) is 11.6 Å². The quantitative estimate of drug-likeness (QED) is 0.725. The molecule has 0 aliphatic carbocycles. The number of rotatable bonds is 3. The van der Waals surface area contributed by atoms with Crippen molar-refractivity contribution >= 4 is 17.5 Å². The summed E-state index contributed by atoms with van der Waals surface area (Å²) in [5, 5.41) is 3.73. The first kappa shape index (κ1) is 11.1. The SMILES string of the molecule is NC(=O)[C@H]1C(c2ccccc2)=NO[C@@H]1C(N)=O. The first-order valence-electron chi connectivity index (χ1n) is 4.99. The van der Waals surface area contributed by atoms with Gasteiger partial charge in [0.05, 0.1) is 0 Å². The van der Waals surface area contributed by atoms with Crippen molar-refractivity contribution in [1.29, 1.82) is 0 Å². The van der Waals surface area contributed by atoms with E-state index in [1.54, 1.807) is 24.3 Å². The first-order valence-corrected chi connectivity index (χ1v) is 4.99. The van der Waals surface area contributed by atoms with Crippen LogP contribution in [-0.2, 0) is 14.4 Å². The minimum absolute atomic E-state index is 0.335. The first-order chi connectivity index (χ1) is 8.11. The third-order valence-electron chi connectivity index (χ3n) is 2.52. The molecule has 1 aliphatic heterocycles. The number of oxime groups is 1. The Bertz CT molecular complexity index is 484. The topological polar surface area (TPSA) is 108 Å². The number of hydrogen-bond acceptors (Lipinski definition) is 4. The van der Waals surface area contributed by atoms with Crippen LogP contribution < -0.4 is 11.5 Å². The molecule has 17 heavy (non-hydrogen) atoms. The highest BCUT2D eigenvalue weighted by atomic mass is 16.6. The van der Waals surface area contributed by atoms with E-state index in [9.17, 15) is 9.59 Å². The van der Waals surface area contributed by atoms with Crippen LogP contribution in [0.1, 0.15) is 5.56 Å². The fourth-order valence-electron chi connectivity index (χ4n) is 1.72. The van der Waals surface area contributed by atoms with E-state index in [0.29, 0.717) is 11.3 Å². The van der Waals surface area contributed by atoms with E-state index in [2.05, 4.69) is 5.16 Å². The highest BCUT2D eigenvalue weighted by Gasteiger charge is 2.42. The number of nitrogens with zero attached hydrogens (tertiary/aromatic N) is 1. The van der Waals surface area contributed by atoms with E-state index in [1.165, 1.54) is 0 Å². The lowest BCUT2D eigenvalue weighted by Gasteiger charge is -2.12. The number of carbonyl (C=O) groups excluding carboxylic acids is 2. The molecule has 0 saturated heterocycles. The minimum atomic E-state index is -1.12. The zero-order chi connectivity index (χ0) is 12.4. The van der Waals surface area contributed by atoms with Crippen LogP contribution in [-0.4, -0.2) is 23.6 Å². The predicted octanol–water partition coefficient (Wildman–Crippen LogP) is -0.624. The zero-order valence-corrected chi connectivity index (χ0v) is 8.87. The van der Waals surface area contributed by atoms with Gasteiger partial charge < -0.3 is 16.3 Å². The molecule has 0 unspecified atom stereocenters. The van der Waals surface area contributed by atoms with Crippen molar-refractivity contribution in [3.8, 4) is 0 Å². The largest absolute Gasteiger partial charge is 0.381 e. The number of primary amides is 2. The van der Waals surface area contributed by atoms with Crippen molar-refractivity contribution < 1.29 is 14.4 Å². The Morgan fingerprint density at radius 1 is 1.12 bits per heavy atom. The molecule has 0 saturated carbocycles. The molecule has 1 aromatic carbocycles. The van der Waals surface area contributed by atoms with Crippen LogP contribution >= 0.6 is 0 Å². The summed E-state index contributed by atoms with van der Waals surface area (Å²) in [6, 6.07) is 8.90. The van der Waals surface area contributed by atoms with Gasteiger partial charge in [-0.05, 0) is 0 Å². The molecule has 0 fully saturated rings. The molecule has 6 heteroatoms. The summed E-state index contributed by atoms with van der Waals surface area (Å²) in [5.41, 5.74) is 11.4. The Kier molecular flexibility index (Phi) is 2.78. The molecule has 0 bridgehead atoms. The maximum absolute atomic E-state index is 11.4. The zero-order valence-electron chi connectivity index (χ0n) is 8.87. The summed E-state index contributed by atoms with van der Waals surface area (Å²) in [6.07, 6.45) is -1.12. The molecule has 4 N–H and O–H groups in total. The lowest BCUT2D eigenvalue weighted by Crippen LogP contribution is -2.43. The Morgan fingerprint density at radius 3 is 2.29 bits per heavy atom. The lowest BCUT2D eigenvalue weighted by molar-refractivity contribution is -0.135. The van der Waals surface area contributed by atoms with E-state index >= 15 is 0 Å². The maximum Gasteiger partial charge on any atom is 0.262 e. The van der Waals surface area contributed by atoms with Gasteiger partial charge in [0.2, 0.25) is 12.0 Å². The average Bonchev–Trinajstić information content (AvgIpc) is 2.74. The van der Waals surface area contributed by atoms with E-state index in [1.807, 2.05) is 6.07 Å². The standard InChI is InChI=1S/C11H11N3O3/c12-10(15)7-8(6-4-2-1-3-5-6)14-17-9(7)11(13)16/h1-5,7,9H,(H2,12,15)(H2,13,16)/t7-,9-/m0/s1. The maximum atomic E-state index is 11.4. The fraction of sp³-hybridized carbons (Fsp3) is 0.182. The van der Waals surface area contributed by atoms with Gasteiger partial charge in [-0.15, -0.1) is 0 Å². The van der Waals surface area contributed by atoms with E-state index in [0.717, 1.165) is 0 Å². The van der Waals surface area contributed by atoms with E-state index < -0.39 is 23.8 Å². The summed E-state index contributed by atoms with van der Waals surface area (Å²) in [7, 11) is 0. The number of benzene rings is 1. The third-order valence-corrected chi connectivity index (χ3v) is 2.52. The molecule has 0 aromatic heterocycles. The van der Waals surface area contributed by atoms with Crippen LogP contribution in [0.3, 0.4) is 0 Å². The molecule has 1 aliphatic rings. The summed E-state index contributed by atoms with van der Waals surface area (Å²) in [4.78, 5) is 27.3. The number of nitrogens with two attached hydrogens (primary N) is 2. The van der Waals surface area contributed by atoms with Crippen LogP contribution in [0.2, 0.25) is 0 Å².